The third-order valence-corrected chi connectivity index (χ3v) is 21.3. The normalized spacial score (nSPS) is 25.7. The van der Waals surface area contributed by atoms with Crippen molar-refractivity contribution in [2.24, 2.45) is 0 Å². The van der Waals surface area contributed by atoms with Crippen molar-refractivity contribution in [3.63, 3.8) is 0 Å². The molecule has 3 aliphatic rings. The molecule has 3 fully saturated rings. The lowest BCUT2D eigenvalue weighted by atomic mass is 9.96. The Balaban J connectivity index is 1.34. The highest BCUT2D eigenvalue weighted by Crippen LogP contribution is 2.33. The number of allylic oxidation sites excluding steroid dienone is 17. The van der Waals surface area contributed by atoms with Crippen LogP contribution < -0.4 is 5.32 Å². The Labute approximate surface area is 665 Å². The van der Waals surface area contributed by atoms with Crippen LogP contribution in [0.1, 0.15) is 328 Å². The first kappa shape index (κ1) is 101. The number of aliphatic hydroxyl groups is 11. The van der Waals surface area contributed by atoms with Crippen molar-refractivity contribution in [3.05, 3.63) is 109 Å². The molecule has 0 radical (unpaired) electrons. The summed E-state index contributed by atoms with van der Waals surface area (Å²) in [5.74, 6) is -0.285. The predicted octanol–water partition coefficient (Wildman–Crippen LogP) is 16.5. The van der Waals surface area contributed by atoms with Gasteiger partial charge < -0.3 is 89.9 Å². The van der Waals surface area contributed by atoms with E-state index in [0.29, 0.717) is 12.8 Å². The van der Waals surface area contributed by atoms with Crippen molar-refractivity contribution in [2.45, 2.75) is 433 Å². The Kier molecular flexibility index (Phi) is 63.8. The van der Waals surface area contributed by atoms with Crippen LogP contribution in [0.5, 0.6) is 0 Å². The first-order valence-electron chi connectivity index (χ1n) is 44.1. The van der Waals surface area contributed by atoms with Gasteiger partial charge in [0.2, 0.25) is 5.91 Å². The molecule has 636 valence electrons. The first-order valence-corrected chi connectivity index (χ1v) is 44.1. The maximum absolute atomic E-state index is 13.5. The van der Waals surface area contributed by atoms with Gasteiger partial charge in [0, 0.05) is 6.42 Å². The van der Waals surface area contributed by atoms with Crippen LogP contribution in [0.4, 0.5) is 0 Å². The van der Waals surface area contributed by atoms with Gasteiger partial charge in [-0.25, -0.2) is 0 Å². The van der Waals surface area contributed by atoms with E-state index in [1.165, 1.54) is 205 Å². The average Bonchev–Trinajstić information content (AvgIpc) is 0.784. The smallest absolute Gasteiger partial charge is 0.220 e. The molecule has 19 nitrogen and oxygen atoms in total. The van der Waals surface area contributed by atoms with E-state index in [9.17, 15) is 61.0 Å². The van der Waals surface area contributed by atoms with E-state index in [1.807, 2.05) is 6.08 Å². The molecule has 0 aliphatic carbocycles. The van der Waals surface area contributed by atoms with E-state index >= 15 is 0 Å². The Hall–Kier alpha value is -3.55. The summed E-state index contributed by atoms with van der Waals surface area (Å²) in [5.41, 5.74) is 0. The summed E-state index contributed by atoms with van der Waals surface area (Å²) in [4.78, 5) is 13.5. The lowest BCUT2D eigenvalue weighted by Crippen LogP contribution is -2.66. The number of unbranched alkanes of at least 4 members (excludes halogenated alkanes) is 38. The monoisotopic (exact) mass is 1550 g/mol. The summed E-state index contributed by atoms with van der Waals surface area (Å²) < 4.78 is 34.5. The topological polar surface area (TPSA) is 307 Å². The lowest BCUT2D eigenvalue weighted by Gasteiger charge is -2.48. The van der Waals surface area contributed by atoms with Crippen molar-refractivity contribution in [3.8, 4) is 0 Å². The fourth-order valence-electron chi connectivity index (χ4n) is 14.3. The quantitative estimate of drug-likeness (QED) is 0.0199. The van der Waals surface area contributed by atoms with Crippen LogP contribution in [0.15, 0.2) is 109 Å². The highest BCUT2D eigenvalue weighted by Gasteiger charge is 2.54. The Morgan fingerprint density at radius 3 is 1.02 bits per heavy atom. The van der Waals surface area contributed by atoms with Gasteiger partial charge in [-0.1, -0.05) is 342 Å². The van der Waals surface area contributed by atoms with E-state index in [4.69, 9.17) is 28.4 Å². The molecular formula is C91H159NO18. The van der Waals surface area contributed by atoms with Crippen LogP contribution >= 0.6 is 0 Å². The summed E-state index contributed by atoms with van der Waals surface area (Å²) in [5, 5.41) is 121. The SMILES string of the molecule is CC/C=C\C/C=C\C/C=C\C/C=C\C/C=C\C/C=C\C/C=C\CCCCCCCCCCCCCCCCCC(=O)NC(COC1OC(CO)C(OC2OC(CO)C(OC3OC(CO)C(O)C(O)C3O)C(O)C2O)C(O)C1O)C(O)/C=C/CC/C=C/CCCCCCCCCCCCCCCCCCCCCCCC. The summed E-state index contributed by atoms with van der Waals surface area (Å²) in [6, 6.07) is -0.998. The van der Waals surface area contributed by atoms with Gasteiger partial charge in [-0.2, -0.15) is 0 Å². The number of ether oxygens (including phenoxy) is 6. The minimum atomic E-state index is -1.99. The van der Waals surface area contributed by atoms with Crippen molar-refractivity contribution in [2.75, 3.05) is 26.4 Å². The van der Waals surface area contributed by atoms with Gasteiger partial charge in [0.25, 0.3) is 0 Å². The highest BCUT2D eigenvalue weighted by molar-refractivity contribution is 5.76. The minimum absolute atomic E-state index is 0.231. The zero-order valence-corrected chi connectivity index (χ0v) is 68.5. The molecule has 3 aliphatic heterocycles. The van der Waals surface area contributed by atoms with Gasteiger partial charge in [-0.05, 0) is 89.9 Å². The molecule has 19 heteroatoms. The maximum atomic E-state index is 13.5. The Morgan fingerprint density at radius 1 is 0.336 bits per heavy atom. The van der Waals surface area contributed by atoms with E-state index in [2.05, 4.69) is 116 Å². The van der Waals surface area contributed by atoms with Crippen LogP contribution in [0.3, 0.4) is 0 Å². The zero-order valence-electron chi connectivity index (χ0n) is 68.5. The second-order valence-corrected chi connectivity index (χ2v) is 31.0. The molecule has 0 aromatic heterocycles. The van der Waals surface area contributed by atoms with Crippen LogP contribution in [-0.2, 0) is 33.2 Å². The van der Waals surface area contributed by atoms with E-state index in [-0.39, 0.29) is 18.9 Å². The number of aliphatic hydroxyl groups excluding tert-OH is 11. The number of amides is 1. The van der Waals surface area contributed by atoms with Gasteiger partial charge in [0.1, 0.15) is 73.2 Å². The molecule has 17 unspecified atom stereocenters. The van der Waals surface area contributed by atoms with Crippen LogP contribution in [0.2, 0.25) is 0 Å². The highest BCUT2D eigenvalue weighted by atomic mass is 16.8. The van der Waals surface area contributed by atoms with Gasteiger partial charge in [0.15, 0.2) is 18.9 Å². The molecule has 0 spiro atoms. The van der Waals surface area contributed by atoms with Gasteiger partial charge >= 0.3 is 0 Å². The molecule has 0 bridgehead atoms. The van der Waals surface area contributed by atoms with E-state index in [0.717, 1.165) is 89.9 Å². The van der Waals surface area contributed by atoms with Crippen LogP contribution in [0, 0.1) is 0 Å². The summed E-state index contributed by atoms with van der Waals surface area (Å²) in [6.45, 7) is 1.64. The average molecular weight is 1560 g/mol. The fourth-order valence-corrected chi connectivity index (χ4v) is 14.3. The van der Waals surface area contributed by atoms with Gasteiger partial charge in [-0.15, -0.1) is 0 Å². The lowest BCUT2D eigenvalue weighted by molar-refractivity contribution is -0.379. The van der Waals surface area contributed by atoms with Crippen molar-refractivity contribution in [1.82, 2.24) is 5.32 Å². The van der Waals surface area contributed by atoms with Crippen molar-refractivity contribution >= 4 is 5.91 Å². The number of carbonyl (C=O) groups excluding carboxylic acids is 1. The second-order valence-electron chi connectivity index (χ2n) is 31.0. The zero-order chi connectivity index (χ0) is 79.5. The minimum Gasteiger partial charge on any atom is -0.394 e. The molecule has 3 saturated heterocycles. The van der Waals surface area contributed by atoms with Crippen molar-refractivity contribution in [1.29, 1.82) is 0 Å². The molecule has 17 atom stereocenters. The Morgan fingerprint density at radius 2 is 0.636 bits per heavy atom. The van der Waals surface area contributed by atoms with Gasteiger partial charge in [-0.3, -0.25) is 4.79 Å². The molecule has 12 N–H and O–H groups in total. The number of rotatable bonds is 70. The van der Waals surface area contributed by atoms with Crippen LogP contribution in [-0.4, -0.2) is 193 Å². The molecule has 1 amide bonds. The Bertz CT molecular complexity index is 2410. The molecule has 3 rings (SSSR count). The molecule has 0 aromatic carbocycles. The molecule has 110 heavy (non-hydrogen) atoms. The fraction of sp³-hybridized carbons (Fsp3) is 0.791. The van der Waals surface area contributed by atoms with Crippen molar-refractivity contribution < 1.29 is 89.4 Å². The standard InChI is InChI=1S/C91H159NO18/c1-3-5-7-9-11-13-15-17-19-21-23-25-27-29-31-33-34-35-36-37-38-39-40-41-43-45-47-49-51-53-55-57-59-61-63-65-67-69-79(97)92-74(75(96)68-66-64-62-60-58-56-54-52-50-48-46-44-42-32-30-28-26-24-22-20-18-16-14-12-10-8-6-4-2)73-105-89-85(103)82(100)87(77(71-94)107-89)110-91-86(104)83(101)88(78(72-95)108-91)109-90-84(102)81(99)80(98)76(70-93)106-90/h5,7,11,13,17,19,23,25,29,31,34-35,37-38,58,60,66,68,74-78,80-91,93-96,98-104H,3-4,6,8-10,12,14-16,18,20-22,24,26-28,30,32-33,36,39-57,59,61-65,67,69-73H2,1-2H3,(H,92,97)/b7-5-,13-11-,19-17-,25-23-,31-29-,35-34-,38-37-,60-58+,68-66+. The number of hydrogen-bond acceptors (Lipinski definition) is 18. The first-order chi connectivity index (χ1) is 53.8. The third kappa shape index (κ3) is 48.1. The molecule has 0 aromatic rings. The third-order valence-electron chi connectivity index (χ3n) is 21.3. The maximum Gasteiger partial charge on any atom is 0.220 e. The molecule has 3 heterocycles. The van der Waals surface area contributed by atoms with Gasteiger partial charge in [0.05, 0.1) is 38.6 Å². The van der Waals surface area contributed by atoms with E-state index in [1.54, 1.807) is 6.08 Å². The number of nitrogens with one attached hydrogen (secondary N) is 1. The summed E-state index contributed by atoms with van der Waals surface area (Å²) in [7, 11) is 0. The second kappa shape index (κ2) is 69.7. The largest absolute Gasteiger partial charge is 0.394 e. The number of carbonyl (C=O) groups is 1. The van der Waals surface area contributed by atoms with Crippen LogP contribution in [0.25, 0.3) is 0 Å². The summed E-state index contributed by atoms with van der Waals surface area (Å²) >= 11 is 0. The molecular weight excluding hydrogens is 1390 g/mol. The summed E-state index contributed by atoms with van der Waals surface area (Å²) in [6.07, 6.45) is 70.9. The van der Waals surface area contributed by atoms with E-state index < -0.39 is 124 Å². The number of hydrogen-bond donors (Lipinski definition) is 12. The molecule has 0 saturated carbocycles. The predicted molar refractivity (Wildman–Crippen MR) is 443 cm³/mol.